The Morgan fingerprint density at radius 3 is 2.66 bits per heavy atom. The van der Waals surface area contributed by atoms with Gasteiger partial charge in [-0.05, 0) is 54.7 Å². The number of rotatable bonds is 6. The van der Waals surface area contributed by atoms with E-state index in [9.17, 15) is 19.7 Å². The van der Waals surface area contributed by atoms with Gasteiger partial charge >= 0.3 is 0 Å². The number of carbonyl (C=O) groups is 1. The third kappa shape index (κ3) is 4.79. The summed E-state index contributed by atoms with van der Waals surface area (Å²) in [5.41, 5.74) is 2.71. The first kappa shape index (κ1) is 23.1. The number of benzene rings is 2. The monoisotopic (exact) mass is 492 g/mol. The zero-order valence-corrected chi connectivity index (χ0v) is 19.8. The van der Waals surface area contributed by atoms with Gasteiger partial charge < -0.3 is 14.8 Å². The third-order valence-electron chi connectivity index (χ3n) is 6.87. The largest absolute Gasteiger partial charge is 0.365 e. The number of nitro groups is 1. The normalized spacial score (nSPS) is 18.6. The van der Waals surface area contributed by atoms with Crippen LogP contribution in [0.3, 0.4) is 0 Å². The van der Waals surface area contributed by atoms with Crippen molar-refractivity contribution in [2.75, 3.05) is 24.5 Å². The predicted octanol–water partition coefficient (Wildman–Crippen LogP) is 4.01. The molecular formula is C26H25ClN4O4. The minimum absolute atomic E-state index is 0.00283. The van der Waals surface area contributed by atoms with E-state index in [0.717, 1.165) is 17.7 Å². The average Bonchev–Trinajstić information content (AvgIpc) is 2.85. The van der Waals surface area contributed by atoms with Crippen molar-refractivity contribution in [3.63, 3.8) is 0 Å². The van der Waals surface area contributed by atoms with Crippen molar-refractivity contribution in [1.29, 1.82) is 0 Å². The van der Waals surface area contributed by atoms with Gasteiger partial charge in [0, 0.05) is 60.5 Å². The summed E-state index contributed by atoms with van der Waals surface area (Å²) in [5.74, 6) is 0.0149. The number of carbonyl (C=O) groups excluding carboxylic acids is 1. The van der Waals surface area contributed by atoms with E-state index < -0.39 is 4.92 Å². The molecule has 35 heavy (non-hydrogen) atoms. The maximum absolute atomic E-state index is 12.7. The lowest BCUT2D eigenvalue weighted by atomic mass is 9.83. The highest BCUT2D eigenvalue weighted by molar-refractivity contribution is 6.30. The lowest BCUT2D eigenvalue weighted by Crippen LogP contribution is -2.47. The van der Waals surface area contributed by atoms with Gasteiger partial charge in [0.1, 0.15) is 5.69 Å². The number of piperidine rings is 1. The lowest BCUT2D eigenvalue weighted by molar-refractivity contribution is -0.384. The van der Waals surface area contributed by atoms with E-state index in [-0.39, 0.29) is 34.6 Å². The van der Waals surface area contributed by atoms with E-state index in [1.54, 1.807) is 36.4 Å². The number of hydrogen-bond acceptors (Lipinski definition) is 5. The molecule has 2 aromatic carbocycles. The van der Waals surface area contributed by atoms with Gasteiger partial charge in [-0.3, -0.25) is 19.7 Å². The number of hydrogen-bond donors (Lipinski definition) is 1. The highest BCUT2D eigenvalue weighted by Crippen LogP contribution is 2.39. The molecule has 9 heteroatoms. The Bertz CT molecular complexity index is 1340. The number of nitrogens with one attached hydrogen (secondary N) is 1. The van der Waals surface area contributed by atoms with E-state index in [4.69, 9.17) is 11.6 Å². The van der Waals surface area contributed by atoms with Crippen LogP contribution >= 0.6 is 11.6 Å². The van der Waals surface area contributed by atoms with E-state index in [1.165, 1.54) is 6.07 Å². The molecule has 5 rings (SSSR count). The van der Waals surface area contributed by atoms with Crippen LogP contribution in [0.1, 0.15) is 34.0 Å². The number of anilines is 1. The molecule has 0 unspecified atom stereocenters. The summed E-state index contributed by atoms with van der Waals surface area (Å²) in [6.45, 7) is 2.24. The molecule has 0 saturated carbocycles. The molecule has 3 aromatic rings. The Hall–Kier alpha value is -3.65. The standard InChI is InChI=1S/C26H25ClN4O4/c27-21-7-4-17(5-8-21)10-11-28-26(33)19-6-9-23(24(13-19)31(34)35)29-14-18-12-20(16-29)22-2-1-3-25(32)30(22)15-18/h1-9,13,18,20H,10-12,14-16H2,(H,28,33)/t18-,20+/m1/s1. The van der Waals surface area contributed by atoms with Crippen molar-refractivity contribution >= 4 is 28.9 Å². The maximum atomic E-state index is 12.7. The molecule has 1 saturated heterocycles. The minimum Gasteiger partial charge on any atom is -0.365 e. The second-order valence-corrected chi connectivity index (χ2v) is 9.63. The number of aromatic nitrogens is 1. The minimum atomic E-state index is -0.428. The number of nitrogens with zero attached hydrogens (tertiary/aromatic N) is 3. The zero-order chi connectivity index (χ0) is 24.5. The van der Waals surface area contributed by atoms with Crippen molar-refractivity contribution in [1.82, 2.24) is 9.88 Å². The van der Waals surface area contributed by atoms with Gasteiger partial charge in [-0.15, -0.1) is 0 Å². The van der Waals surface area contributed by atoms with Crippen LogP contribution in [-0.4, -0.2) is 35.0 Å². The van der Waals surface area contributed by atoms with Gasteiger partial charge in [0.15, 0.2) is 0 Å². The predicted molar refractivity (Wildman–Crippen MR) is 134 cm³/mol. The number of amides is 1. The molecule has 3 heterocycles. The summed E-state index contributed by atoms with van der Waals surface area (Å²) in [5, 5.41) is 15.4. The average molecular weight is 493 g/mol. The van der Waals surface area contributed by atoms with Gasteiger partial charge in [0.2, 0.25) is 0 Å². The molecule has 2 aliphatic rings. The van der Waals surface area contributed by atoms with Crippen LogP contribution in [-0.2, 0) is 13.0 Å². The number of pyridine rings is 1. The summed E-state index contributed by atoms with van der Waals surface area (Å²) < 4.78 is 1.84. The summed E-state index contributed by atoms with van der Waals surface area (Å²) in [4.78, 5) is 38.5. The van der Waals surface area contributed by atoms with Crippen LogP contribution in [0.4, 0.5) is 11.4 Å². The molecular weight excluding hydrogens is 468 g/mol. The Morgan fingerprint density at radius 2 is 1.89 bits per heavy atom. The van der Waals surface area contributed by atoms with Crippen molar-refractivity contribution in [2.45, 2.75) is 25.3 Å². The SMILES string of the molecule is O=C(NCCc1ccc(Cl)cc1)c1ccc(N2C[C@H]3C[C@@H](C2)c2cccc(=O)n2C3)c([N+](=O)[O-])c1. The summed E-state index contributed by atoms with van der Waals surface area (Å²) in [6.07, 6.45) is 1.59. The highest BCUT2D eigenvalue weighted by Gasteiger charge is 2.36. The van der Waals surface area contributed by atoms with Crippen LogP contribution in [0.2, 0.25) is 5.02 Å². The van der Waals surface area contributed by atoms with Crippen LogP contribution in [0.25, 0.3) is 0 Å². The molecule has 1 N–H and O–H groups in total. The molecule has 1 fully saturated rings. The fourth-order valence-electron chi connectivity index (χ4n) is 5.24. The van der Waals surface area contributed by atoms with Crippen molar-refractivity contribution in [2.24, 2.45) is 5.92 Å². The fourth-order valence-corrected chi connectivity index (χ4v) is 5.37. The first-order valence-corrected chi connectivity index (χ1v) is 12.0. The van der Waals surface area contributed by atoms with Crippen LogP contribution in [0, 0.1) is 16.0 Å². The topological polar surface area (TPSA) is 97.5 Å². The molecule has 2 bridgehead atoms. The molecule has 2 aliphatic heterocycles. The van der Waals surface area contributed by atoms with E-state index in [1.807, 2.05) is 27.7 Å². The number of halogens is 1. The lowest BCUT2D eigenvalue weighted by Gasteiger charge is -2.43. The van der Waals surface area contributed by atoms with Crippen molar-refractivity contribution < 1.29 is 9.72 Å². The van der Waals surface area contributed by atoms with Gasteiger partial charge in [-0.25, -0.2) is 0 Å². The summed E-state index contributed by atoms with van der Waals surface area (Å²) in [6, 6.07) is 17.4. The first-order chi connectivity index (χ1) is 16.9. The van der Waals surface area contributed by atoms with Crippen LogP contribution in [0.15, 0.2) is 65.5 Å². The molecule has 0 aliphatic carbocycles. The molecule has 8 nitrogen and oxygen atoms in total. The third-order valence-corrected chi connectivity index (χ3v) is 7.12. The first-order valence-electron chi connectivity index (χ1n) is 11.6. The van der Waals surface area contributed by atoms with Gasteiger partial charge in [-0.2, -0.15) is 0 Å². The zero-order valence-electron chi connectivity index (χ0n) is 19.0. The summed E-state index contributed by atoms with van der Waals surface area (Å²) >= 11 is 5.90. The second-order valence-electron chi connectivity index (χ2n) is 9.20. The van der Waals surface area contributed by atoms with Crippen LogP contribution in [0.5, 0.6) is 0 Å². The Labute approximate surface area is 207 Å². The van der Waals surface area contributed by atoms with Crippen LogP contribution < -0.4 is 15.8 Å². The smallest absolute Gasteiger partial charge is 0.293 e. The quantitative estimate of drug-likeness (QED) is 0.414. The Kier molecular flexibility index (Phi) is 6.30. The van der Waals surface area contributed by atoms with Crippen molar-refractivity contribution in [3.05, 3.63) is 103 Å². The fraction of sp³-hybridized carbons (Fsp3) is 0.308. The van der Waals surface area contributed by atoms with E-state index in [2.05, 4.69) is 5.32 Å². The highest BCUT2D eigenvalue weighted by atomic mass is 35.5. The van der Waals surface area contributed by atoms with Crippen molar-refractivity contribution in [3.8, 4) is 0 Å². The second kappa shape index (κ2) is 9.54. The van der Waals surface area contributed by atoms with E-state index >= 15 is 0 Å². The Balaban J connectivity index is 1.32. The molecule has 180 valence electrons. The van der Waals surface area contributed by atoms with Gasteiger partial charge in [-0.1, -0.05) is 29.8 Å². The molecule has 0 spiro atoms. The molecule has 1 aromatic heterocycles. The van der Waals surface area contributed by atoms with E-state index in [0.29, 0.717) is 43.3 Å². The molecule has 1 amide bonds. The summed E-state index contributed by atoms with van der Waals surface area (Å²) in [7, 11) is 0. The maximum Gasteiger partial charge on any atom is 0.293 e. The van der Waals surface area contributed by atoms with Gasteiger partial charge in [0.05, 0.1) is 4.92 Å². The number of fused-ring (bicyclic) bond motifs is 4. The molecule has 2 atom stereocenters. The Morgan fingerprint density at radius 1 is 1.09 bits per heavy atom. The van der Waals surface area contributed by atoms with Gasteiger partial charge in [0.25, 0.3) is 17.2 Å². The number of nitro benzene ring substituents is 1. The molecule has 0 radical (unpaired) electrons.